The quantitative estimate of drug-likeness (QED) is 0.352. The first kappa shape index (κ1) is 20.7. The van der Waals surface area contributed by atoms with Crippen molar-refractivity contribution in [2.45, 2.75) is 71.4 Å². The van der Waals surface area contributed by atoms with E-state index in [1.165, 1.54) is 17.4 Å². The smallest absolute Gasteiger partial charge is 0.300 e. The number of halogens is 2. The van der Waals surface area contributed by atoms with E-state index in [0.29, 0.717) is 18.7 Å². The third-order valence-electron chi connectivity index (χ3n) is 3.96. The number of nitrogens with zero attached hydrogens (tertiary/aromatic N) is 2. The Morgan fingerprint density at radius 1 is 0.826 bits per heavy atom. The molecule has 1 rings (SSSR count). The van der Waals surface area contributed by atoms with E-state index in [1.807, 2.05) is 0 Å². The molecule has 0 aliphatic heterocycles. The maximum Gasteiger partial charge on any atom is 0.330 e. The van der Waals surface area contributed by atoms with E-state index >= 15 is 0 Å². The van der Waals surface area contributed by atoms with E-state index < -0.39 is 0 Å². The minimum Gasteiger partial charge on any atom is -0.300 e. The Labute approximate surface area is 155 Å². The summed E-state index contributed by atoms with van der Waals surface area (Å²) in [6.07, 6.45) is 10.4. The van der Waals surface area contributed by atoms with Crippen LogP contribution >= 0.6 is 31.9 Å². The van der Waals surface area contributed by atoms with Crippen LogP contribution in [0.25, 0.3) is 0 Å². The Morgan fingerprint density at radius 2 is 1.35 bits per heavy atom. The maximum atomic E-state index is 12.5. The highest BCUT2D eigenvalue weighted by Crippen LogP contribution is 2.04. The lowest BCUT2D eigenvalue weighted by Gasteiger charge is -2.11. The second-order valence-electron chi connectivity index (χ2n) is 5.95. The third kappa shape index (κ3) is 7.38. The van der Waals surface area contributed by atoms with Crippen molar-refractivity contribution in [2.24, 2.45) is 0 Å². The minimum absolute atomic E-state index is 0.133. The van der Waals surface area contributed by atoms with E-state index in [0.717, 1.165) is 49.2 Å². The molecule has 0 spiro atoms. The number of aromatic nitrogens is 2. The fourth-order valence-corrected chi connectivity index (χ4v) is 3.40. The zero-order valence-electron chi connectivity index (χ0n) is 14.0. The standard InChI is InChI=1S/C17H28Br2N2O2/c1-15-14-20(12-8-4-2-6-10-18)17(23)21(16(15)22)13-9-5-3-7-11-19/h14H,2-13H2,1H3. The van der Waals surface area contributed by atoms with Crippen LogP contribution in [-0.4, -0.2) is 19.8 Å². The number of alkyl halides is 2. The molecule has 0 aliphatic rings. The highest BCUT2D eigenvalue weighted by molar-refractivity contribution is 9.09. The Bertz CT molecular complexity index is 567. The first-order valence-electron chi connectivity index (χ1n) is 8.54. The Hall–Kier alpha value is -0.360. The summed E-state index contributed by atoms with van der Waals surface area (Å²) < 4.78 is 3.13. The maximum absolute atomic E-state index is 12.5. The first-order valence-corrected chi connectivity index (χ1v) is 10.8. The highest BCUT2D eigenvalue weighted by Gasteiger charge is 2.08. The number of unbranched alkanes of at least 4 members (excludes halogenated alkanes) is 6. The second kappa shape index (κ2) is 12.1. The van der Waals surface area contributed by atoms with Gasteiger partial charge in [0.2, 0.25) is 0 Å². The summed E-state index contributed by atoms with van der Waals surface area (Å²) in [5.74, 6) is 0. The molecule has 0 aromatic carbocycles. The van der Waals surface area contributed by atoms with Gasteiger partial charge in [-0.3, -0.25) is 9.36 Å². The number of rotatable bonds is 12. The van der Waals surface area contributed by atoms with Gasteiger partial charge in [0.15, 0.2) is 0 Å². The van der Waals surface area contributed by atoms with Gasteiger partial charge in [0.05, 0.1) is 0 Å². The zero-order valence-corrected chi connectivity index (χ0v) is 17.2. The number of aryl methyl sites for hydroxylation is 2. The molecule has 0 atom stereocenters. The van der Waals surface area contributed by atoms with Crippen molar-refractivity contribution in [1.29, 1.82) is 0 Å². The van der Waals surface area contributed by atoms with Gasteiger partial charge in [-0.05, 0) is 32.6 Å². The van der Waals surface area contributed by atoms with Gasteiger partial charge in [-0.1, -0.05) is 57.5 Å². The fraction of sp³-hybridized carbons (Fsp3) is 0.765. The molecule has 1 heterocycles. The molecule has 132 valence electrons. The van der Waals surface area contributed by atoms with Crippen LogP contribution in [0.4, 0.5) is 0 Å². The Morgan fingerprint density at radius 3 is 1.91 bits per heavy atom. The molecule has 0 unspecified atom stereocenters. The lowest BCUT2D eigenvalue weighted by atomic mass is 10.2. The summed E-state index contributed by atoms with van der Waals surface area (Å²) in [5.41, 5.74) is 0.373. The summed E-state index contributed by atoms with van der Waals surface area (Å²) in [4.78, 5) is 24.7. The summed E-state index contributed by atoms with van der Waals surface area (Å²) in [6, 6.07) is 0. The Kier molecular flexibility index (Phi) is 10.9. The summed E-state index contributed by atoms with van der Waals surface area (Å²) in [5, 5.41) is 2.05. The predicted octanol–water partition coefficient (Wildman–Crippen LogP) is 4.23. The van der Waals surface area contributed by atoms with Gasteiger partial charge in [0.25, 0.3) is 5.56 Å². The van der Waals surface area contributed by atoms with E-state index in [1.54, 1.807) is 17.7 Å². The van der Waals surface area contributed by atoms with Crippen molar-refractivity contribution < 1.29 is 0 Å². The third-order valence-corrected chi connectivity index (χ3v) is 5.08. The fourth-order valence-electron chi connectivity index (χ4n) is 2.60. The average Bonchev–Trinajstić information content (AvgIpc) is 2.54. The van der Waals surface area contributed by atoms with E-state index in [-0.39, 0.29) is 11.2 Å². The van der Waals surface area contributed by atoms with Crippen LogP contribution in [0.15, 0.2) is 15.8 Å². The van der Waals surface area contributed by atoms with Crippen LogP contribution in [0, 0.1) is 6.92 Å². The molecule has 23 heavy (non-hydrogen) atoms. The van der Waals surface area contributed by atoms with Gasteiger partial charge >= 0.3 is 5.69 Å². The molecule has 0 saturated heterocycles. The van der Waals surface area contributed by atoms with Crippen LogP contribution in [0.1, 0.15) is 56.9 Å². The highest BCUT2D eigenvalue weighted by atomic mass is 79.9. The van der Waals surface area contributed by atoms with Crippen molar-refractivity contribution in [3.05, 3.63) is 32.6 Å². The van der Waals surface area contributed by atoms with Crippen molar-refractivity contribution in [2.75, 3.05) is 10.7 Å². The van der Waals surface area contributed by atoms with Crippen molar-refractivity contribution in [3.8, 4) is 0 Å². The van der Waals surface area contributed by atoms with Gasteiger partial charge in [0, 0.05) is 35.5 Å². The zero-order chi connectivity index (χ0) is 17.1. The van der Waals surface area contributed by atoms with E-state index in [9.17, 15) is 9.59 Å². The average molecular weight is 452 g/mol. The van der Waals surface area contributed by atoms with Crippen LogP contribution in [0.5, 0.6) is 0 Å². The van der Waals surface area contributed by atoms with Gasteiger partial charge in [-0.15, -0.1) is 0 Å². The SMILES string of the molecule is Cc1cn(CCCCCCBr)c(=O)n(CCCCCCBr)c1=O. The largest absolute Gasteiger partial charge is 0.330 e. The molecule has 0 amide bonds. The van der Waals surface area contributed by atoms with Crippen molar-refractivity contribution >= 4 is 31.9 Å². The number of hydrogen-bond donors (Lipinski definition) is 0. The van der Waals surface area contributed by atoms with Crippen LogP contribution in [0.2, 0.25) is 0 Å². The van der Waals surface area contributed by atoms with E-state index in [4.69, 9.17) is 0 Å². The van der Waals surface area contributed by atoms with Gasteiger partial charge in [0.1, 0.15) is 0 Å². The molecular formula is C17H28Br2N2O2. The van der Waals surface area contributed by atoms with Crippen molar-refractivity contribution in [1.82, 2.24) is 9.13 Å². The number of hydrogen-bond acceptors (Lipinski definition) is 2. The predicted molar refractivity (Wildman–Crippen MR) is 104 cm³/mol. The molecular weight excluding hydrogens is 424 g/mol. The lowest BCUT2D eigenvalue weighted by Crippen LogP contribution is -2.40. The molecule has 0 saturated carbocycles. The van der Waals surface area contributed by atoms with Crippen LogP contribution in [0.3, 0.4) is 0 Å². The van der Waals surface area contributed by atoms with Crippen LogP contribution < -0.4 is 11.2 Å². The topological polar surface area (TPSA) is 44.0 Å². The van der Waals surface area contributed by atoms with Crippen molar-refractivity contribution in [3.63, 3.8) is 0 Å². The van der Waals surface area contributed by atoms with Gasteiger partial charge in [-0.2, -0.15) is 0 Å². The molecule has 1 aromatic rings. The monoisotopic (exact) mass is 450 g/mol. The molecule has 0 radical (unpaired) electrons. The summed E-state index contributed by atoms with van der Waals surface area (Å²) in [7, 11) is 0. The lowest BCUT2D eigenvalue weighted by molar-refractivity contribution is 0.494. The minimum atomic E-state index is -0.151. The molecule has 0 fully saturated rings. The normalized spacial score (nSPS) is 11.1. The molecule has 0 bridgehead atoms. The second-order valence-corrected chi connectivity index (χ2v) is 7.54. The molecule has 0 N–H and O–H groups in total. The first-order chi connectivity index (χ1) is 11.1. The van der Waals surface area contributed by atoms with Crippen LogP contribution in [-0.2, 0) is 13.1 Å². The summed E-state index contributed by atoms with van der Waals surface area (Å²) in [6.45, 7) is 3.03. The molecule has 6 heteroatoms. The van der Waals surface area contributed by atoms with E-state index in [2.05, 4.69) is 31.9 Å². The molecule has 0 aliphatic carbocycles. The molecule has 1 aromatic heterocycles. The Balaban J connectivity index is 2.66. The summed E-state index contributed by atoms with van der Waals surface area (Å²) >= 11 is 6.85. The molecule has 4 nitrogen and oxygen atoms in total. The van der Waals surface area contributed by atoms with Gasteiger partial charge in [-0.25, -0.2) is 4.79 Å². The van der Waals surface area contributed by atoms with Gasteiger partial charge < -0.3 is 4.57 Å².